The predicted octanol–water partition coefficient (Wildman–Crippen LogP) is 3.89. The Morgan fingerprint density at radius 3 is 2.68 bits per heavy atom. The zero-order valence-corrected chi connectivity index (χ0v) is 13.7. The van der Waals surface area contributed by atoms with Gasteiger partial charge in [-0.2, -0.15) is 11.8 Å². The smallest absolute Gasteiger partial charge is 0.0341 e. The second kappa shape index (κ2) is 8.30. The molecule has 106 valence electrons. The third-order valence-electron chi connectivity index (χ3n) is 3.75. The van der Waals surface area contributed by atoms with Gasteiger partial charge < -0.3 is 0 Å². The summed E-state index contributed by atoms with van der Waals surface area (Å²) in [6, 6.07) is 8.75. The Labute approximate surface area is 129 Å². The van der Waals surface area contributed by atoms with Crippen molar-refractivity contribution < 1.29 is 0 Å². The minimum atomic E-state index is 0.352. The molecule has 1 saturated carbocycles. The maximum atomic E-state index is 5.71. The minimum Gasteiger partial charge on any atom is -0.271 e. The van der Waals surface area contributed by atoms with Gasteiger partial charge in [0.1, 0.15) is 0 Å². The molecule has 0 radical (unpaired) electrons. The van der Waals surface area contributed by atoms with Crippen LogP contribution in [0.5, 0.6) is 0 Å². The monoisotopic (exact) mass is 342 g/mol. The lowest BCUT2D eigenvalue weighted by Gasteiger charge is -2.24. The number of hydrogen-bond acceptors (Lipinski definition) is 3. The number of thioether (sulfide) groups is 1. The molecule has 4 heteroatoms. The summed E-state index contributed by atoms with van der Waals surface area (Å²) < 4.78 is 1.18. The van der Waals surface area contributed by atoms with E-state index in [2.05, 4.69) is 57.4 Å². The van der Waals surface area contributed by atoms with Gasteiger partial charge in [-0.05, 0) is 30.9 Å². The van der Waals surface area contributed by atoms with Crippen LogP contribution in [-0.2, 0) is 6.42 Å². The first-order valence-corrected chi connectivity index (χ1v) is 8.95. The SMILES string of the molecule is NNC(CSC1CCCCC1)Cc1ccccc1Br. The van der Waals surface area contributed by atoms with Crippen molar-refractivity contribution >= 4 is 27.7 Å². The van der Waals surface area contributed by atoms with Crippen molar-refractivity contribution in [3.05, 3.63) is 34.3 Å². The third-order valence-corrected chi connectivity index (χ3v) is 6.06. The van der Waals surface area contributed by atoms with Crippen molar-refractivity contribution in [3.63, 3.8) is 0 Å². The highest BCUT2D eigenvalue weighted by Crippen LogP contribution is 2.29. The molecule has 0 aromatic heterocycles. The zero-order valence-electron chi connectivity index (χ0n) is 11.3. The summed E-state index contributed by atoms with van der Waals surface area (Å²) >= 11 is 5.70. The highest BCUT2D eigenvalue weighted by atomic mass is 79.9. The molecule has 3 N–H and O–H groups in total. The summed E-state index contributed by atoms with van der Waals surface area (Å²) in [6.07, 6.45) is 7.99. The molecule has 1 aliphatic rings. The standard InChI is InChI=1S/C15H23BrN2S/c16-15-9-5-4-6-12(15)10-13(18-17)11-19-14-7-2-1-3-8-14/h4-6,9,13-14,18H,1-3,7-8,10-11,17H2. The van der Waals surface area contributed by atoms with Crippen LogP contribution >= 0.6 is 27.7 Å². The van der Waals surface area contributed by atoms with E-state index in [1.165, 1.54) is 42.1 Å². The number of benzene rings is 1. The lowest BCUT2D eigenvalue weighted by Crippen LogP contribution is -2.39. The van der Waals surface area contributed by atoms with Gasteiger partial charge in [-0.3, -0.25) is 11.3 Å². The highest BCUT2D eigenvalue weighted by molar-refractivity contribution is 9.10. The molecule has 19 heavy (non-hydrogen) atoms. The molecule has 1 aromatic carbocycles. The van der Waals surface area contributed by atoms with Gasteiger partial charge >= 0.3 is 0 Å². The van der Waals surface area contributed by atoms with Crippen LogP contribution in [0.3, 0.4) is 0 Å². The fourth-order valence-electron chi connectivity index (χ4n) is 2.58. The number of hydrazine groups is 1. The van der Waals surface area contributed by atoms with Gasteiger partial charge in [0.2, 0.25) is 0 Å². The van der Waals surface area contributed by atoms with E-state index in [9.17, 15) is 0 Å². The van der Waals surface area contributed by atoms with Gasteiger partial charge in [-0.15, -0.1) is 0 Å². The molecule has 0 bridgehead atoms. The largest absolute Gasteiger partial charge is 0.271 e. The average Bonchev–Trinajstić information content (AvgIpc) is 2.46. The first kappa shape index (κ1) is 15.4. The highest BCUT2D eigenvalue weighted by Gasteiger charge is 2.17. The quantitative estimate of drug-likeness (QED) is 0.608. The predicted molar refractivity (Wildman–Crippen MR) is 88.3 cm³/mol. The number of hydrogen-bond donors (Lipinski definition) is 2. The van der Waals surface area contributed by atoms with E-state index >= 15 is 0 Å². The van der Waals surface area contributed by atoms with Crippen LogP contribution in [0, 0.1) is 0 Å². The molecule has 0 spiro atoms. The average molecular weight is 343 g/mol. The van der Waals surface area contributed by atoms with Crippen molar-refractivity contribution in [2.24, 2.45) is 5.84 Å². The molecule has 1 fully saturated rings. The van der Waals surface area contributed by atoms with Crippen molar-refractivity contribution in [1.29, 1.82) is 0 Å². The van der Waals surface area contributed by atoms with E-state index in [4.69, 9.17) is 5.84 Å². The van der Waals surface area contributed by atoms with Gasteiger partial charge in [0.25, 0.3) is 0 Å². The molecular formula is C15H23BrN2S. The number of nitrogens with one attached hydrogen (secondary N) is 1. The molecule has 0 amide bonds. The second-order valence-corrected chi connectivity index (χ2v) is 7.44. The second-order valence-electron chi connectivity index (χ2n) is 5.25. The summed E-state index contributed by atoms with van der Waals surface area (Å²) in [4.78, 5) is 0. The molecule has 2 nitrogen and oxygen atoms in total. The van der Waals surface area contributed by atoms with E-state index in [0.717, 1.165) is 17.4 Å². The summed E-state index contributed by atoms with van der Waals surface area (Å²) in [5.74, 6) is 6.81. The molecule has 1 aliphatic carbocycles. The van der Waals surface area contributed by atoms with E-state index in [1.54, 1.807) is 0 Å². The minimum absolute atomic E-state index is 0.352. The number of nitrogens with two attached hydrogens (primary N) is 1. The van der Waals surface area contributed by atoms with E-state index in [0.29, 0.717) is 6.04 Å². The molecule has 0 heterocycles. The first-order chi connectivity index (χ1) is 9.29. The van der Waals surface area contributed by atoms with Crippen LogP contribution in [0.4, 0.5) is 0 Å². The van der Waals surface area contributed by atoms with Crippen LogP contribution in [0.25, 0.3) is 0 Å². The Morgan fingerprint density at radius 2 is 2.00 bits per heavy atom. The van der Waals surface area contributed by atoms with Gasteiger partial charge in [0.05, 0.1) is 0 Å². The Bertz CT molecular complexity index is 380. The molecule has 0 aliphatic heterocycles. The fourth-order valence-corrected chi connectivity index (χ4v) is 4.41. The number of rotatable bonds is 6. The molecule has 1 aromatic rings. The number of halogens is 1. The topological polar surface area (TPSA) is 38.0 Å². The summed E-state index contributed by atoms with van der Waals surface area (Å²) in [7, 11) is 0. The zero-order chi connectivity index (χ0) is 13.5. The molecule has 1 atom stereocenters. The van der Waals surface area contributed by atoms with Crippen LogP contribution < -0.4 is 11.3 Å². The molecule has 1 unspecified atom stereocenters. The molecule has 0 saturated heterocycles. The molecular weight excluding hydrogens is 320 g/mol. The molecule has 2 rings (SSSR count). The van der Waals surface area contributed by atoms with Crippen molar-refractivity contribution in [3.8, 4) is 0 Å². The Hall–Kier alpha value is -0.0300. The van der Waals surface area contributed by atoms with Gasteiger partial charge in [0.15, 0.2) is 0 Å². The first-order valence-electron chi connectivity index (χ1n) is 7.10. The van der Waals surface area contributed by atoms with Gasteiger partial charge in [-0.1, -0.05) is 53.4 Å². The van der Waals surface area contributed by atoms with E-state index in [1.807, 2.05) is 0 Å². The Morgan fingerprint density at radius 1 is 1.26 bits per heavy atom. The lowest BCUT2D eigenvalue weighted by molar-refractivity contribution is 0.513. The van der Waals surface area contributed by atoms with Gasteiger partial charge in [0, 0.05) is 21.5 Å². The van der Waals surface area contributed by atoms with Gasteiger partial charge in [-0.25, -0.2) is 0 Å². The third kappa shape index (κ3) is 5.10. The fraction of sp³-hybridized carbons (Fsp3) is 0.600. The van der Waals surface area contributed by atoms with E-state index < -0.39 is 0 Å². The van der Waals surface area contributed by atoms with Crippen LogP contribution in [-0.4, -0.2) is 17.0 Å². The normalized spacial score (nSPS) is 18.4. The maximum Gasteiger partial charge on any atom is 0.0341 e. The summed E-state index contributed by atoms with van der Waals surface area (Å²) in [5.41, 5.74) is 4.30. The van der Waals surface area contributed by atoms with Crippen LogP contribution in [0.15, 0.2) is 28.7 Å². The van der Waals surface area contributed by atoms with Crippen LogP contribution in [0.2, 0.25) is 0 Å². The van der Waals surface area contributed by atoms with E-state index in [-0.39, 0.29) is 0 Å². The van der Waals surface area contributed by atoms with Crippen molar-refractivity contribution in [2.75, 3.05) is 5.75 Å². The lowest BCUT2D eigenvalue weighted by atomic mass is 10.0. The maximum absolute atomic E-state index is 5.71. The van der Waals surface area contributed by atoms with Crippen molar-refractivity contribution in [2.45, 2.75) is 49.8 Å². The summed E-state index contributed by atoms with van der Waals surface area (Å²) in [5, 5.41) is 0.851. The Balaban J connectivity index is 1.81. The van der Waals surface area contributed by atoms with Crippen molar-refractivity contribution in [1.82, 2.24) is 5.43 Å². The Kier molecular flexibility index (Phi) is 6.71. The summed E-state index contributed by atoms with van der Waals surface area (Å²) in [6.45, 7) is 0. The van der Waals surface area contributed by atoms with Crippen LogP contribution in [0.1, 0.15) is 37.7 Å².